The molecule has 0 atom stereocenters. The van der Waals surface area contributed by atoms with Crippen LogP contribution in [0.4, 0.5) is 5.69 Å². The number of aryl methyl sites for hydroxylation is 1. The van der Waals surface area contributed by atoms with E-state index in [1.807, 2.05) is 30.3 Å². The zero-order valence-corrected chi connectivity index (χ0v) is 22.0. The Labute approximate surface area is 224 Å². The van der Waals surface area contributed by atoms with Crippen molar-refractivity contribution in [3.05, 3.63) is 120 Å². The molecule has 192 valence electrons. The first-order valence-corrected chi connectivity index (χ1v) is 13.2. The smallest absolute Gasteiger partial charge is 0.336 e. The summed E-state index contributed by atoms with van der Waals surface area (Å²) >= 11 is 0. The van der Waals surface area contributed by atoms with Gasteiger partial charge in [0.25, 0.3) is 0 Å². The molecule has 5 aromatic rings. The third-order valence-electron chi connectivity index (χ3n) is 7.03. The third-order valence-corrected chi connectivity index (χ3v) is 7.03. The van der Waals surface area contributed by atoms with Gasteiger partial charge in [-0.15, -0.1) is 0 Å². The normalized spacial score (nSPS) is 11.1. The number of fused-ring (bicyclic) bond motifs is 1. The van der Waals surface area contributed by atoms with Gasteiger partial charge in [-0.1, -0.05) is 86.1 Å². The molecule has 0 saturated carbocycles. The minimum absolute atomic E-state index is 0.315. The van der Waals surface area contributed by atoms with Crippen molar-refractivity contribution in [3.8, 4) is 11.1 Å². The maximum Gasteiger partial charge on any atom is 0.336 e. The molecule has 0 amide bonds. The van der Waals surface area contributed by atoms with Crippen LogP contribution in [0.15, 0.2) is 97.1 Å². The van der Waals surface area contributed by atoms with E-state index in [2.05, 4.69) is 78.0 Å². The predicted molar refractivity (Wildman–Crippen MR) is 155 cm³/mol. The molecular weight excluding hydrogens is 470 g/mol. The fourth-order valence-corrected chi connectivity index (χ4v) is 4.94. The van der Waals surface area contributed by atoms with Gasteiger partial charge in [-0.25, -0.2) is 9.78 Å². The van der Waals surface area contributed by atoms with Crippen molar-refractivity contribution in [3.63, 3.8) is 0 Å². The van der Waals surface area contributed by atoms with Crippen molar-refractivity contribution >= 4 is 22.7 Å². The Bertz CT molecular complexity index is 1540. The molecule has 1 aromatic heterocycles. The number of benzene rings is 4. The molecule has 5 nitrogen and oxygen atoms in total. The summed E-state index contributed by atoms with van der Waals surface area (Å²) in [6.45, 7) is 3.75. The van der Waals surface area contributed by atoms with Crippen molar-refractivity contribution in [1.29, 1.82) is 0 Å². The molecule has 5 rings (SSSR count). The van der Waals surface area contributed by atoms with Gasteiger partial charge in [-0.2, -0.15) is 0 Å². The molecule has 0 saturated heterocycles. The average molecular weight is 504 g/mol. The van der Waals surface area contributed by atoms with E-state index in [4.69, 9.17) is 4.98 Å². The van der Waals surface area contributed by atoms with Crippen LogP contribution < -0.4 is 4.90 Å². The van der Waals surface area contributed by atoms with E-state index in [0.717, 1.165) is 65.0 Å². The summed E-state index contributed by atoms with van der Waals surface area (Å²) in [7, 11) is 2.13. The lowest BCUT2D eigenvalue weighted by Crippen LogP contribution is -2.16. The summed E-state index contributed by atoms with van der Waals surface area (Å²) in [5.41, 5.74) is 7.68. The molecule has 38 heavy (non-hydrogen) atoms. The largest absolute Gasteiger partial charge is 0.478 e. The van der Waals surface area contributed by atoms with Gasteiger partial charge in [0.15, 0.2) is 0 Å². The lowest BCUT2D eigenvalue weighted by molar-refractivity contribution is 0.0697. The maximum atomic E-state index is 11.7. The Balaban J connectivity index is 1.46. The fourth-order valence-electron chi connectivity index (χ4n) is 4.94. The number of hydrogen-bond donors (Lipinski definition) is 1. The van der Waals surface area contributed by atoms with E-state index >= 15 is 0 Å². The first-order chi connectivity index (χ1) is 18.5. The quantitative estimate of drug-likeness (QED) is 0.215. The Morgan fingerprint density at radius 3 is 2.37 bits per heavy atom. The van der Waals surface area contributed by atoms with Gasteiger partial charge in [0.05, 0.1) is 16.6 Å². The van der Waals surface area contributed by atoms with Crippen LogP contribution in [0.2, 0.25) is 0 Å². The second-order valence-corrected chi connectivity index (χ2v) is 9.78. The maximum absolute atomic E-state index is 11.7. The highest BCUT2D eigenvalue weighted by Crippen LogP contribution is 2.27. The van der Waals surface area contributed by atoms with E-state index in [9.17, 15) is 9.90 Å². The van der Waals surface area contributed by atoms with Crippen molar-refractivity contribution < 1.29 is 9.90 Å². The lowest BCUT2D eigenvalue weighted by Gasteiger charge is -2.20. The summed E-state index contributed by atoms with van der Waals surface area (Å²) in [6, 6.07) is 32.4. The Kier molecular flexibility index (Phi) is 7.55. The van der Waals surface area contributed by atoms with Crippen molar-refractivity contribution in [1.82, 2.24) is 9.55 Å². The second kappa shape index (κ2) is 11.3. The van der Waals surface area contributed by atoms with Crippen molar-refractivity contribution in [2.75, 3.05) is 11.9 Å². The summed E-state index contributed by atoms with van der Waals surface area (Å²) in [4.78, 5) is 19.0. The number of nitrogens with zero attached hydrogens (tertiary/aromatic N) is 3. The molecule has 5 heteroatoms. The molecular formula is C33H33N3O2. The highest BCUT2D eigenvalue weighted by molar-refractivity contribution is 5.96. The lowest BCUT2D eigenvalue weighted by atomic mass is 9.99. The Hall–Kier alpha value is -4.38. The highest BCUT2D eigenvalue weighted by atomic mass is 16.4. The van der Waals surface area contributed by atoms with E-state index in [1.165, 1.54) is 5.56 Å². The average Bonchev–Trinajstić information content (AvgIpc) is 3.29. The standard InChI is InChI=1S/C33H33N3O2/c1-3-4-14-32-34-30-20-19-27(35(2)22-24-10-6-5-7-11-24)21-31(30)36(32)23-25-15-17-26(18-16-25)28-12-8-9-13-29(28)33(37)38/h5-13,15-21H,3-4,14,22-23H2,1-2H3,(H,37,38). The van der Waals surface area contributed by atoms with Crippen LogP contribution in [0.3, 0.4) is 0 Å². The zero-order valence-electron chi connectivity index (χ0n) is 22.0. The number of anilines is 1. The summed E-state index contributed by atoms with van der Waals surface area (Å²) in [6.07, 6.45) is 3.14. The number of carbonyl (C=O) groups is 1. The molecule has 0 spiro atoms. The number of imidazole rings is 1. The van der Waals surface area contributed by atoms with Crippen LogP contribution in [0, 0.1) is 0 Å². The second-order valence-electron chi connectivity index (χ2n) is 9.78. The zero-order chi connectivity index (χ0) is 26.5. The van der Waals surface area contributed by atoms with Gasteiger partial charge in [0.2, 0.25) is 0 Å². The number of aromatic nitrogens is 2. The summed E-state index contributed by atoms with van der Waals surface area (Å²) in [5, 5.41) is 9.58. The van der Waals surface area contributed by atoms with Gasteiger partial charge < -0.3 is 14.6 Å². The molecule has 0 bridgehead atoms. The van der Waals surface area contributed by atoms with Crippen LogP contribution in [-0.4, -0.2) is 27.7 Å². The molecule has 0 fully saturated rings. The van der Waals surface area contributed by atoms with E-state index in [0.29, 0.717) is 12.1 Å². The van der Waals surface area contributed by atoms with E-state index in [-0.39, 0.29) is 0 Å². The molecule has 0 aliphatic heterocycles. The van der Waals surface area contributed by atoms with Crippen LogP contribution in [0.25, 0.3) is 22.2 Å². The minimum Gasteiger partial charge on any atom is -0.478 e. The molecule has 0 unspecified atom stereocenters. The molecule has 1 N–H and O–H groups in total. The molecule has 1 heterocycles. The number of rotatable bonds is 10. The van der Waals surface area contributed by atoms with Gasteiger partial charge in [0, 0.05) is 32.2 Å². The number of carboxylic acids is 1. The summed E-state index contributed by atoms with van der Waals surface area (Å²) < 4.78 is 2.34. The van der Waals surface area contributed by atoms with Crippen LogP contribution in [-0.2, 0) is 19.5 Å². The van der Waals surface area contributed by atoms with Crippen LogP contribution in [0.1, 0.15) is 47.1 Å². The van der Waals surface area contributed by atoms with Crippen LogP contribution in [0.5, 0.6) is 0 Å². The SMILES string of the molecule is CCCCc1nc2ccc(N(C)Cc3ccccc3)cc2n1Cc1ccc(-c2ccccc2C(=O)O)cc1. The Morgan fingerprint density at radius 2 is 1.63 bits per heavy atom. The van der Waals surface area contributed by atoms with Gasteiger partial charge in [-0.05, 0) is 52.9 Å². The third kappa shape index (κ3) is 5.47. The Morgan fingerprint density at radius 1 is 0.895 bits per heavy atom. The van der Waals surface area contributed by atoms with Crippen molar-refractivity contribution in [2.24, 2.45) is 0 Å². The molecule has 4 aromatic carbocycles. The molecule has 0 aliphatic rings. The topological polar surface area (TPSA) is 58.4 Å². The van der Waals surface area contributed by atoms with E-state index in [1.54, 1.807) is 12.1 Å². The monoisotopic (exact) mass is 503 g/mol. The van der Waals surface area contributed by atoms with Crippen molar-refractivity contribution in [2.45, 2.75) is 39.3 Å². The predicted octanol–water partition coefficient (Wildman–Crippen LogP) is 7.43. The van der Waals surface area contributed by atoms with E-state index < -0.39 is 5.97 Å². The van der Waals surface area contributed by atoms with Crippen LogP contribution >= 0.6 is 0 Å². The number of carboxylic acid groups (broad SMARTS) is 1. The van der Waals surface area contributed by atoms with Gasteiger partial charge >= 0.3 is 5.97 Å². The first kappa shape index (κ1) is 25.3. The fraction of sp³-hybridized carbons (Fsp3) is 0.212. The highest BCUT2D eigenvalue weighted by Gasteiger charge is 2.14. The summed E-state index contributed by atoms with van der Waals surface area (Å²) in [5.74, 6) is 0.188. The molecule has 0 aliphatic carbocycles. The number of unbranched alkanes of at least 4 members (excludes halogenated alkanes) is 1. The first-order valence-electron chi connectivity index (χ1n) is 13.2. The molecule has 0 radical (unpaired) electrons. The number of aromatic carboxylic acids is 1. The minimum atomic E-state index is -0.914. The number of hydrogen-bond acceptors (Lipinski definition) is 3. The van der Waals surface area contributed by atoms with Gasteiger partial charge in [-0.3, -0.25) is 0 Å². The van der Waals surface area contributed by atoms with Gasteiger partial charge in [0.1, 0.15) is 5.82 Å².